The van der Waals surface area contributed by atoms with Gasteiger partial charge >= 0.3 is 0 Å². The molecule has 2 fully saturated rings. The molecule has 1 N–H and O–H groups in total. The minimum Gasteiger partial charge on any atom is -0.352 e. The van der Waals surface area contributed by atoms with Crippen molar-refractivity contribution < 1.29 is 9.59 Å². The molecule has 1 aromatic rings. The standard InChI is InChI=1S/C23H36N4O3/c1-16(2)13-25-14-19(22(29)24-17(3)4)21(28)20(15-25)23(30)27-11-9-26(10-12-27)18-7-5-6-8-18/h14-18H,5-13H2,1-4H3,(H,24,29). The van der Waals surface area contributed by atoms with Crippen molar-refractivity contribution >= 4 is 11.8 Å². The number of aromatic nitrogens is 1. The molecule has 0 radical (unpaired) electrons. The monoisotopic (exact) mass is 416 g/mol. The molecule has 3 rings (SSSR count). The molecule has 0 spiro atoms. The van der Waals surface area contributed by atoms with Crippen LogP contribution in [0.2, 0.25) is 0 Å². The quantitative estimate of drug-likeness (QED) is 0.772. The van der Waals surface area contributed by atoms with Gasteiger partial charge in [0.25, 0.3) is 11.8 Å². The van der Waals surface area contributed by atoms with E-state index in [0.717, 1.165) is 13.1 Å². The molecule has 0 aromatic carbocycles. The van der Waals surface area contributed by atoms with Crippen LogP contribution in [0.15, 0.2) is 17.2 Å². The smallest absolute Gasteiger partial charge is 0.259 e. The Labute approximate surface area is 179 Å². The number of amides is 2. The zero-order chi connectivity index (χ0) is 21.8. The van der Waals surface area contributed by atoms with Crippen LogP contribution in [-0.2, 0) is 6.54 Å². The summed E-state index contributed by atoms with van der Waals surface area (Å²) < 4.78 is 1.81. The number of pyridine rings is 1. The maximum absolute atomic E-state index is 13.2. The van der Waals surface area contributed by atoms with Gasteiger partial charge in [0.2, 0.25) is 5.43 Å². The van der Waals surface area contributed by atoms with E-state index in [4.69, 9.17) is 0 Å². The lowest BCUT2D eigenvalue weighted by molar-refractivity contribution is 0.0571. The van der Waals surface area contributed by atoms with Crippen LogP contribution in [0.4, 0.5) is 0 Å². The van der Waals surface area contributed by atoms with E-state index in [1.54, 1.807) is 17.3 Å². The van der Waals surface area contributed by atoms with Crippen LogP contribution in [0, 0.1) is 5.92 Å². The summed E-state index contributed by atoms with van der Waals surface area (Å²) in [7, 11) is 0. The van der Waals surface area contributed by atoms with Crippen molar-refractivity contribution in [3.05, 3.63) is 33.7 Å². The van der Waals surface area contributed by atoms with Crippen LogP contribution in [0.5, 0.6) is 0 Å². The highest BCUT2D eigenvalue weighted by Crippen LogP contribution is 2.24. The van der Waals surface area contributed by atoms with Crippen molar-refractivity contribution in [1.82, 2.24) is 19.7 Å². The Hall–Kier alpha value is -2.15. The second-order valence-corrected chi connectivity index (χ2v) is 9.40. The number of nitrogens with zero attached hydrogens (tertiary/aromatic N) is 3. The summed E-state index contributed by atoms with van der Waals surface area (Å²) in [5, 5.41) is 2.78. The summed E-state index contributed by atoms with van der Waals surface area (Å²) in [5.74, 6) is -0.359. The highest BCUT2D eigenvalue weighted by atomic mass is 16.2. The van der Waals surface area contributed by atoms with Gasteiger partial charge in [-0.3, -0.25) is 19.3 Å². The Bertz CT molecular complexity index is 816. The minimum atomic E-state index is -0.476. The van der Waals surface area contributed by atoms with E-state index in [-0.39, 0.29) is 23.1 Å². The van der Waals surface area contributed by atoms with Crippen molar-refractivity contribution in [1.29, 1.82) is 0 Å². The summed E-state index contributed by atoms with van der Waals surface area (Å²) >= 11 is 0. The average molecular weight is 417 g/mol. The van der Waals surface area contributed by atoms with Gasteiger partial charge in [0, 0.05) is 57.2 Å². The number of rotatable bonds is 6. The molecule has 0 unspecified atom stereocenters. The average Bonchev–Trinajstić information content (AvgIpc) is 3.22. The number of carbonyl (C=O) groups excluding carboxylic acids is 2. The van der Waals surface area contributed by atoms with E-state index in [9.17, 15) is 14.4 Å². The van der Waals surface area contributed by atoms with Crippen LogP contribution >= 0.6 is 0 Å². The highest BCUT2D eigenvalue weighted by molar-refractivity contribution is 5.99. The van der Waals surface area contributed by atoms with Gasteiger partial charge in [-0.2, -0.15) is 0 Å². The molecular formula is C23H36N4O3. The fourth-order valence-corrected chi connectivity index (χ4v) is 4.54. The lowest BCUT2D eigenvalue weighted by Gasteiger charge is -2.38. The molecule has 1 aliphatic carbocycles. The lowest BCUT2D eigenvalue weighted by Crippen LogP contribution is -2.52. The van der Waals surface area contributed by atoms with Gasteiger partial charge in [-0.25, -0.2) is 0 Å². The Morgan fingerprint density at radius 1 is 1.00 bits per heavy atom. The Morgan fingerprint density at radius 3 is 2.17 bits per heavy atom. The fourth-order valence-electron chi connectivity index (χ4n) is 4.54. The molecule has 166 valence electrons. The maximum Gasteiger partial charge on any atom is 0.259 e. The number of hydrogen-bond donors (Lipinski definition) is 1. The number of carbonyl (C=O) groups is 2. The molecule has 1 aromatic heterocycles. The molecule has 7 heteroatoms. The van der Waals surface area contributed by atoms with E-state index in [2.05, 4.69) is 24.1 Å². The van der Waals surface area contributed by atoms with Crippen molar-refractivity contribution in [3.8, 4) is 0 Å². The van der Waals surface area contributed by atoms with Crippen LogP contribution in [0.1, 0.15) is 74.1 Å². The predicted octanol–water partition coefficient (Wildman–Crippen LogP) is 2.34. The molecule has 30 heavy (non-hydrogen) atoms. The third-order valence-electron chi connectivity index (χ3n) is 5.99. The van der Waals surface area contributed by atoms with Crippen molar-refractivity contribution in [2.24, 2.45) is 5.92 Å². The van der Waals surface area contributed by atoms with Gasteiger partial charge in [-0.05, 0) is 32.6 Å². The fraction of sp³-hybridized carbons (Fsp3) is 0.696. The summed E-state index contributed by atoms with van der Waals surface area (Å²) in [4.78, 5) is 43.2. The Kier molecular flexibility index (Phi) is 7.34. The molecule has 2 aliphatic rings. The van der Waals surface area contributed by atoms with E-state index in [0.29, 0.717) is 31.6 Å². The van der Waals surface area contributed by atoms with Crippen molar-refractivity contribution in [3.63, 3.8) is 0 Å². The molecule has 2 heterocycles. The normalized spacial score (nSPS) is 18.4. The molecule has 0 bridgehead atoms. The largest absolute Gasteiger partial charge is 0.352 e. The highest BCUT2D eigenvalue weighted by Gasteiger charge is 2.30. The van der Waals surface area contributed by atoms with Gasteiger partial charge < -0.3 is 14.8 Å². The third kappa shape index (κ3) is 5.31. The van der Waals surface area contributed by atoms with Crippen LogP contribution < -0.4 is 10.7 Å². The zero-order valence-corrected chi connectivity index (χ0v) is 18.8. The third-order valence-corrected chi connectivity index (χ3v) is 5.99. The first-order valence-corrected chi connectivity index (χ1v) is 11.3. The predicted molar refractivity (Wildman–Crippen MR) is 118 cm³/mol. The van der Waals surface area contributed by atoms with Crippen LogP contribution in [-0.4, -0.2) is 64.4 Å². The van der Waals surface area contributed by atoms with E-state index >= 15 is 0 Å². The number of hydrogen-bond acceptors (Lipinski definition) is 4. The molecular weight excluding hydrogens is 380 g/mol. The molecule has 7 nitrogen and oxygen atoms in total. The zero-order valence-electron chi connectivity index (χ0n) is 18.8. The van der Waals surface area contributed by atoms with Gasteiger partial charge in [0.05, 0.1) is 0 Å². The summed E-state index contributed by atoms with van der Waals surface area (Å²) in [6.07, 6.45) is 8.30. The molecule has 1 aliphatic heterocycles. The molecule has 0 atom stereocenters. The van der Waals surface area contributed by atoms with Gasteiger partial charge in [-0.15, -0.1) is 0 Å². The molecule has 2 amide bonds. The minimum absolute atomic E-state index is 0.0415. The van der Waals surface area contributed by atoms with Crippen molar-refractivity contribution in [2.75, 3.05) is 26.2 Å². The first-order chi connectivity index (χ1) is 14.3. The second kappa shape index (κ2) is 9.77. The Balaban J connectivity index is 1.81. The SMILES string of the molecule is CC(C)Cn1cc(C(=O)NC(C)C)c(=O)c(C(=O)N2CCN(C3CCCC3)CC2)c1. The second-order valence-electron chi connectivity index (χ2n) is 9.40. The summed E-state index contributed by atoms with van der Waals surface area (Å²) in [5.41, 5.74) is -0.336. The van der Waals surface area contributed by atoms with Crippen LogP contribution in [0.25, 0.3) is 0 Å². The van der Waals surface area contributed by atoms with E-state index in [1.807, 2.05) is 18.4 Å². The first-order valence-electron chi connectivity index (χ1n) is 11.3. The van der Waals surface area contributed by atoms with Crippen LogP contribution in [0.3, 0.4) is 0 Å². The molecule has 1 saturated heterocycles. The lowest BCUT2D eigenvalue weighted by atomic mass is 10.1. The van der Waals surface area contributed by atoms with Gasteiger partial charge in [0.1, 0.15) is 11.1 Å². The topological polar surface area (TPSA) is 74.6 Å². The maximum atomic E-state index is 13.2. The van der Waals surface area contributed by atoms with E-state index in [1.165, 1.54) is 25.7 Å². The van der Waals surface area contributed by atoms with Gasteiger partial charge in [0.15, 0.2) is 0 Å². The van der Waals surface area contributed by atoms with Gasteiger partial charge in [-0.1, -0.05) is 26.7 Å². The van der Waals surface area contributed by atoms with E-state index < -0.39 is 11.3 Å². The number of piperazine rings is 1. The first kappa shape index (κ1) is 22.5. The molecule has 1 saturated carbocycles. The Morgan fingerprint density at radius 2 is 1.60 bits per heavy atom. The number of nitrogens with one attached hydrogen (secondary N) is 1. The summed E-state index contributed by atoms with van der Waals surface area (Å²) in [6, 6.07) is 0.562. The van der Waals surface area contributed by atoms with Crippen molar-refractivity contribution in [2.45, 2.75) is 72.0 Å². The summed E-state index contributed by atoms with van der Waals surface area (Å²) in [6.45, 7) is 11.4.